The maximum Gasteiger partial charge on any atom is 0.254 e. The van der Waals surface area contributed by atoms with E-state index in [0.717, 1.165) is 0 Å². The Balaban J connectivity index is 1.76. The first kappa shape index (κ1) is 13.0. The van der Waals surface area contributed by atoms with Crippen LogP contribution in [-0.2, 0) is 10.0 Å². The van der Waals surface area contributed by atoms with Crippen LogP contribution in [0, 0.1) is 5.41 Å². The van der Waals surface area contributed by atoms with E-state index >= 15 is 0 Å². The lowest BCUT2D eigenvalue weighted by Gasteiger charge is -2.31. The summed E-state index contributed by atoms with van der Waals surface area (Å²) >= 11 is 0. The second kappa shape index (κ2) is 3.99. The van der Waals surface area contributed by atoms with E-state index in [2.05, 4.69) is 0 Å². The van der Waals surface area contributed by atoms with E-state index in [4.69, 9.17) is 0 Å². The molecule has 0 radical (unpaired) electrons. The normalized spacial score (nSPS) is 25.4. The zero-order chi connectivity index (χ0) is 13.7. The third kappa shape index (κ3) is 1.97. The summed E-state index contributed by atoms with van der Waals surface area (Å²) in [7, 11) is -3.53. The summed E-state index contributed by atoms with van der Waals surface area (Å²) in [5.74, 6) is -2.59. The van der Waals surface area contributed by atoms with Crippen molar-refractivity contribution in [3.63, 3.8) is 0 Å². The van der Waals surface area contributed by atoms with Gasteiger partial charge in [-0.1, -0.05) is 18.2 Å². The van der Waals surface area contributed by atoms with E-state index < -0.39 is 21.4 Å². The van der Waals surface area contributed by atoms with Crippen LogP contribution in [0.2, 0.25) is 0 Å². The predicted octanol–water partition coefficient (Wildman–Crippen LogP) is 2.50. The Bertz CT molecular complexity index is 578. The minimum atomic E-state index is -3.53. The molecule has 1 heterocycles. The molecule has 3 nitrogen and oxygen atoms in total. The summed E-state index contributed by atoms with van der Waals surface area (Å²) in [6.07, 6.45) is 0.428. The molecular formula is C13H15F2NO2S. The van der Waals surface area contributed by atoms with E-state index in [9.17, 15) is 17.2 Å². The molecule has 0 aromatic heterocycles. The van der Waals surface area contributed by atoms with Crippen molar-refractivity contribution in [2.75, 3.05) is 13.1 Å². The standard InChI is InChI=1S/C13H15F2NO2S/c14-13(15)10-12(13)6-8-16(9-7-12)19(17,18)11-4-2-1-3-5-11/h1-5H,6-10H2. The van der Waals surface area contributed by atoms with Crippen LogP contribution in [-0.4, -0.2) is 31.7 Å². The highest BCUT2D eigenvalue weighted by Crippen LogP contribution is 2.65. The third-order valence-corrected chi connectivity index (χ3v) is 6.18. The maximum atomic E-state index is 13.3. The molecule has 1 saturated carbocycles. The first-order valence-corrected chi connectivity index (χ1v) is 7.75. The Morgan fingerprint density at radius 2 is 1.58 bits per heavy atom. The highest BCUT2D eigenvalue weighted by molar-refractivity contribution is 7.89. The topological polar surface area (TPSA) is 37.4 Å². The zero-order valence-corrected chi connectivity index (χ0v) is 11.2. The number of nitrogens with zero attached hydrogens (tertiary/aromatic N) is 1. The quantitative estimate of drug-likeness (QED) is 0.838. The van der Waals surface area contributed by atoms with Crippen LogP contribution in [0.4, 0.5) is 8.78 Å². The lowest BCUT2D eigenvalue weighted by atomic mass is 9.94. The minimum absolute atomic E-state index is 0.0841. The fraction of sp³-hybridized carbons (Fsp3) is 0.538. The summed E-state index contributed by atoms with van der Waals surface area (Å²) in [5.41, 5.74) is -0.921. The van der Waals surface area contributed by atoms with Gasteiger partial charge in [-0.25, -0.2) is 17.2 Å². The Hall–Kier alpha value is -1.01. The monoisotopic (exact) mass is 287 g/mol. The van der Waals surface area contributed by atoms with Crippen molar-refractivity contribution in [3.8, 4) is 0 Å². The second-order valence-electron chi connectivity index (χ2n) is 5.38. The van der Waals surface area contributed by atoms with Gasteiger partial charge in [0.25, 0.3) is 5.92 Å². The molecular weight excluding hydrogens is 272 g/mol. The molecule has 19 heavy (non-hydrogen) atoms. The summed E-state index contributed by atoms with van der Waals surface area (Å²) in [4.78, 5) is 0.230. The van der Waals surface area contributed by atoms with Crippen molar-refractivity contribution >= 4 is 10.0 Å². The number of piperidine rings is 1. The first-order valence-electron chi connectivity index (χ1n) is 6.31. The van der Waals surface area contributed by atoms with Gasteiger partial charge in [-0.2, -0.15) is 4.31 Å². The van der Waals surface area contributed by atoms with Crippen LogP contribution >= 0.6 is 0 Å². The lowest BCUT2D eigenvalue weighted by Crippen LogP contribution is -2.40. The van der Waals surface area contributed by atoms with E-state index in [-0.39, 0.29) is 37.2 Å². The number of rotatable bonds is 2. The van der Waals surface area contributed by atoms with Gasteiger partial charge in [-0.15, -0.1) is 0 Å². The molecule has 0 bridgehead atoms. The van der Waals surface area contributed by atoms with Crippen LogP contribution in [0.15, 0.2) is 35.2 Å². The summed E-state index contributed by atoms with van der Waals surface area (Å²) < 4.78 is 52.5. The van der Waals surface area contributed by atoms with Crippen LogP contribution in [0.5, 0.6) is 0 Å². The molecule has 1 aliphatic carbocycles. The average molecular weight is 287 g/mol. The molecule has 1 aromatic rings. The molecule has 6 heteroatoms. The molecule has 0 amide bonds. The maximum absolute atomic E-state index is 13.3. The Morgan fingerprint density at radius 1 is 1.05 bits per heavy atom. The molecule has 2 fully saturated rings. The Labute approximate surface area is 111 Å². The van der Waals surface area contributed by atoms with Gasteiger partial charge >= 0.3 is 0 Å². The summed E-state index contributed by atoms with van der Waals surface area (Å²) in [5, 5.41) is 0. The van der Waals surface area contributed by atoms with E-state index in [0.29, 0.717) is 0 Å². The van der Waals surface area contributed by atoms with Gasteiger partial charge < -0.3 is 0 Å². The van der Waals surface area contributed by atoms with Crippen LogP contribution < -0.4 is 0 Å². The van der Waals surface area contributed by atoms with Gasteiger partial charge in [0.2, 0.25) is 10.0 Å². The highest BCUT2D eigenvalue weighted by atomic mass is 32.2. The van der Waals surface area contributed by atoms with Gasteiger partial charge in [0, 0.05) is 24.9 Å². The van der Waals surface area contributed by atoms with Gasteiger partial charge in [-0.3, -0.25) is 0 Å². The van der Waals surface area contributed by atoms with Crippen LogP contribution in [0.3, 0.4) is 0 Å². The SMILES string of the molecule is O=S(=O)(c1ccccc1)N1CCC2(CC1)CC2(F)F. The minimum Gasteiger partial charge on any atom is -0.207 e. The molecule has 104 valence electrons. The van der Waals surface area contributed by atoms with Crippen molar-refractivity contribution < 1.29 is 17.2 Å². The van der Waals surface area contributed by atoms with Crippen molar-refractivity contribution in [2.45, 2.75) is 30.1 Å². The molecule has 0 atom stereocenters. The number of sulfonamides is 1. The number of alkyl halides is 2. The lowest BCUT2D eigenvalue weighted by molar-refractivity contribution is 0.0426. The van der Waals surface area contributed by atoms with E-state index in [1.54, 1.807) is 18.2 Å². The van der Waals surface area contributed by atoms with Crippen molar-refractivity contribution in [3.05, 3.63) is 30.3 Å². The summed E-state index contributed by atoms with van der Waals surface area (Å²) in [6, 6.07) is 8.13. The number of hydrogen-bond acceptors (Lipinski definition) is 2. The largest absolute Gasteiger partial charge is 0.254 e. The number of hydrogen-bond donors (Lipinski definition) is 0. The third-order valence-electron chi connectivity index (χ3n) is 4.27. The van der Waals surface area contributed by atoms with Crippen molar-refractivity contribution in [2.24, 2.45) is 5.41 Å². The molecule has 2 aliphatic rings. The average Bonchev–Trinajstić information content (AvgIpc) is 2.91. The predicted molar refractivity (Wildman–Crippen MR) is 66.4 cm³/mol. The smallest absolute Gasteiger partial charge is 0.207 e. The molecule has 1 aromatic carbocycles. The zero-order valence-electron chi connectivity index (χ0n) is 10.4. The summed E-state index contributed by atoms with van der Waals surface area (Å²) in [6.45, 7) is 0.375. The van der Waals surface area contributed by atoms with E-state index in [1.165, 1.54) is 16.4 Å². The van der Waals surface area contributed by atoms with Gasteiger partial charge in [-0.05, 0) is 25.0 Å². The second-order valence-corrected chi connectivity index (χ2v) is 7.32. The first-order chi connectivity index (χ1) is 8.87. The number of benzene rings is 1. The van der Waals surface area contributed by atoms with Crippen LogP contribution in [0.1, 0.15) is 19.3 Å². The molecule has 0 N–H and O–H groups in total. The highest BCUT2D eigenvalue weighted by Gasteiger charge is 2.70. The molecule has 0 unspecified atom stereocenters. The fourth-order valence-corrected chi connectivity index (χ4v) is 4.28. The molecule has 3 rings (SSSR count). The Kier molecular flexibility index (Phi) is 2.73. The van der Waals surface area contributed by atoms with Gasteiger partial charge in [0.15, 0.2) is 0 Å². The van der Waals surface area contributed by atoms with E-state index in [1.807, 2.05) is 0 Å². The van der Waals surface area contributed by atoms with Crippen LogP contribution in [0.25, 0.3) is 0 Å². The number of halogens is 2. The van der Waals surface area contributed by atoms with Gasteiger partial charge in [0.05, 0.1) is 4.90 Å². The van der Waals surface area contributed by atoms with Crippen molar-refractivity contribution in [1.82, 2.24) is 4.31 Å². The molecule has 1 saturated heterocycles. The molecule has 1 aliphatic heterocycles. The fourth-order valence-electron chi connectivity index (χ4n) is 2.82. The van der Waals surface area contributed by atoms with Gasteiger partial charge in [0.1, 0.15) is 0 Å². The molecule has 1 spiro atoms. The van der Waals surface area contributed by atoms with Crippen molar-refractivity contribution in [1.29, 1.82) is 0 Å². The Morgan fingerprint density at radius 3 is 2.05 bits per heavy atom.